The van der Waals surface area contributed by atoms with Gasteiger partial charge in [-0.15, -0.1) is 11.3 Å². The first kappa shape index (κ1) is 22.5. The lowest BCUT2D eigenvalue weighted by molar-refractivity contribution is 0.214. The molecule has 168 valence electrons. The number of H-pyrrole nitrogens is 1. The average Bonchev–Trinajstić information content (AvgIpc) is 3.54. The second-order valence-corrected chi connectivity index (χ2v) is 16.4. The maximum atomic E-state index is 4.95. The first-order valence-electron chi connectivity index (χ1n) is 11.3. The minimum absolute atomic E-state index is 0.327. The van der Waals surface area contributed by atoms with Crippen LogP contribution < -0.4 is 10.2 Å². The van der Waals surface area contributed by atoms with Crippen LogP contribution in [0.15, 0.2) is 30.0 Å². The highest BCUT2D eigenvalue weighted by Crippen LogP contribution is 2.39. The molecule has 6 nitrogen and oxygen atoms in total. The summed E-state index contributed by atoms with van der Waals surface area (Å²) in [6, 6.07) is 3.44. The number of ether oxygens (including phenoxy) is 1. The van der Waals surface area contributed by atoms with Crippen LogP contribution in [0.1, 0.15) is 19.3 Å². The highest BCUT2D eigenvalue weighted by atomic mass is 32.1. The third kappa shape index (κ3) is 5.19. The van der Waals surface area contributed by atoms with E-state index in [2.05, 4.69) is 50.9 Å². The van der Waals surface area contributed by atoms with Gasteiger partial charge in [-0.2, -0.15) is 0 Å². The van der Waals surface area contributed by atoms with E-state index < -0.39 is 8.07 Å². The number of aromatic amines is 1. The Balaban J connectivity index is 0.000000250. The molecule has 0 radical (unpaired) electrons. The highest BCUT2D eigenvalue weighted by molar-refractivity contribution is 7.13. The monoisotopic (exact) mass is 457 g/mol. The van der Waals surface area contributed by atoms with Gasteiger partial charge in [0.15, 0.2) is 0 Å². The van der Waals surface area contributed by atoms with Crippen molar-refractivity contribution in [2.45, 2.75) is 50.5 Å². The van der Waals surface area contributed by atoms with Crippen molar-refractivity contribution in [2.75, 3.05) is 38.3 Å². The van der Waals surface area contributed by atoms with E-state index in [0.717, 1.165) is 36.9 Å². The Hall–Kier alpha value is -1.74. The van der Waals surface area contributed by atoms with Gasteiger partial charge in [0.1, 0.15) is 10.7 Å². The van der Waals surface area contributed by atoms with E-state index in [1.165, 1.54) is 41.9 Å². The minimum atomic E-state index is -0.803. The zero-order valence-corrected chi connectivity index (χ0v) is 21.0. The predicted octanol–water partition coefficient (Wildman–Crippen LogP) is 4.99. The van der Waals surface area contributed by atoms with Crippen LogP contribution in [-0.2, 0) is 4.74 Å². The molecule has 0 aromatic carbocycles. The molecule has 8 heteroatoms. The largest absolute Gasteiger partial charge is 0.385 e. The Morgan fingerprint density at radius 2 is 2.10 bits per heavy atom. The summed E-state index contributed by atoms with van der Waals surface area (Å²) in [6.45, 7) is 11.4. The van der Waals surface area contributed by atoms with Gasteiger partial charge in [-0.05, 0) is 37.9 Å². The maximum Gasteiger partial charge on any atom is 0.140 e. The van der Waals surface area contributed by atoms with E-state index in [0.29, 0.717) is 5.54 Å². The Labute approximate surface area is 190 Å². The summed E-state index contributed by atoms with van der Waals surface area (Å²) in [7, 11) is 0.961. The van der Waals surface area contributed by atoms with Crippen LogP contribution in [-0.4, -0.2) is 61.9 Å². The Bertz CT molecular complexity index is 976. The average molecular weight is 458 g/mol. The van der Waals surface area contributed by atoms with Gasteiger partial charge in [-0.1, -0.05) is 19.6 Å². The Kier molecular flexibility index (Phi) is 6.81. The molecule has 0 amide bonds. The molecule has 2 fully saturated rings. The number of anilines is 1. The van der Waals surface area contributed by atoms with E-state index in [1.807, 2.05) is 24.0 Å². The number of nitrogens with one attached hydrogen (secondary N) is 2. The third-order valence-corrected chi connectivity index (χ3v) is 8.81. The van der Waals surface area contributed by atoms with Crippen molar-refractivity contribution in [3.05, 3.63) is 30.0 Å². The predicted molar refractivity (Wildman–Crippen MR) is 134 cm³/mol. The molecule has 0 unspecified atom stereocenters. The topological polar surface area (TPSA) is 66.1 Å². The normalized spacial score (nSPS) is 21.1. The molecular formula is C23H35N5OSSi. The van der Waals surface area contributed by atoms with E-state index in [1.54, 1.807) is 18.4 Å². The second kappa shape index (κ2) is 9.40. The summed E-state index contributed by atoms with van der Waals surface area (Å²) in [4.78, 5) is 14.8. The molecule has 5 heterocycles. The maximum absolute atomic E-state index is 4.95. The number of hydrogen-bond donors (Lipinski definition) is 2. The summed E-state index contributed by atoms with van der Waals surface area (Å²) in [6.07, 6.45) is 9.64. The SMILES string of the molecule is COCC[Si](C)(C)C.c1csc(-c2c[nH]c3nccc(N4CC[C@@]5(CCCN5)C4)c23)n1. The van der Waals surface area contributed by atoms with Crippen molar-refractivity contribution in [3.63, 3.8) is 0 Å². The molecule has 2 saturated heterocycles. The summed E-state index contributed by atoms with van der Waals surface area (Å²) >= 11 is 1.68. The van der Waals surface area contributed by atoms with Crippen LogP contribution >= 0.6 is 11.3 Å². The molecule has 5 rings (SSSR count). The standard InChI is InChI=1S/C17H19N5S.C6H16OSi/c1-3-17(21-5-1)4-8-22(11-17)13-2-6-18-15-14(13)12(10-20-15)16-19-7-9-23-16;1-7-5-6-8(2,3)4/h2,6-7,9-10,21H,1,3-5,8,11H2,(H,18,20);5-6H2,1-4H3/t17-;/m0./s1. The number of nitrogens with zero attached hydrogens (tertiary/aromatic N) is 3. The molecule has 1 spiro atoms. The van der Waals surface area contributed by atoms with E-state index in [4.69, 9.17) is 4.74 Å². The van der Waals surface area contributed by atoms with Crippen LogP contribution in [0, 0.1) is 0 Å². The van der Waals surface area contributed by atoms with Crippen LogP contribution in [0.5, 0.6) is 0 Å². The first-order valence-corrected chi connectivity index (χ1v) is 15.8. The van der Waals surface area contributed by atoms with Gasteiger partial charge < -0.3 is 19.9 Å². The van der Waals surface area contributed by atoms with Crippen molar-refractivity contribution >= 4 is 36.1 Å². The summed E-state index contributed by atoms with van der Waals surface area (Å²) < 4.78 is 4.95. The molecule has 0 saturated carbocycles. The first-order chi connectivity index (χ1) is 14.9. The van der Waals surface area contributed by atoms with Gasteiger partial charge in [0, 0.05) is 70.0 Å². The molecule has 2 aliphatic heterocycles. The number of fused-ring (bicyclic) bond motifs is 1. The van der Waals surface area contributed by atoms with Crippen molar-refractivity contribution in [2.24, 2.45) is 0 Å². The number of pyridine rings is 1. The van der Waals surface area contributed by atoms with Crippen LogP contribution in [0.2, 0.25) is 25.7 Å². The fraction of sp³-hybridized carbons (Fsp3) is 0.565. The van der Waals surface area contributed by atoms with Gasteiger partial charge in [-0.25, -0.2) is 9.97 Å². The van der Waals surface area contributed by atoms with Crippen LogP contribution in [0.4, 0.5) is 5.69 Å². The lowest BCUT2D eigenvalue weighted by atomic mass is 9.97. The molecule has 2 N–H and O–H groups in total. The fourth-order valence-corrected chi connectivity index (χ4v) is 6.01. The van der Waals surface area contributed by atoms with Gasteiger partial charge >= 0.3 is 0 Å². The smallest absolute Gasteiger partial charge is 0.140 e. The van der Waals surface area contributed by atoms with Gasteiger partial charge in [0.05, 0.1) is 11.1 Å². The zero-order chi connectivity index (χ0) is 21.9. The van der Waals surface area contributed by atoms with Gasteiger partial charge in [0.2, 0.25) is 0 Å². The molecule has 3 aromatic rings. The van der Waals surface area contributed by atoms with Crippen molar-refractivity contribution in [1.82, 2.24) is 20.3 Å². The molecular weight excluding hydrogens is 422 g/mol. The van der Waals surface area contributed by atoms with Crippen molar-refractivity contribution in [1.29, 1.82) is 0 Å². The van der Waals surface area contributed by atoms with Gasteiger partial charge in [-0.3, -0.25) is 0 Å². The highest BCUT2D eigenvalue weighted by Gasteiger charge is 2.40. The number of thiazole rings is 1. The van der Waals surface area contributed by atoms with E-state index >= 15 is 0 Å². The molecule has 0 aliphatic carbocycles. The van der Waals surface area contributed by atoms with Crippen LogP contribution in [0.25, 0.3) is 21.6 Å². The summed E-state index contributed by atoms with van der Waals surface area (Å²) in [5.74, 6) is 0. The molecule has 1 atom stereocenters. The van der Waals surface area contributed by atoms with Crippen molar-refractivity contribution < 1.29 is 4.74 Å². The summed E-state index contributed by atoms with van der Waals surface area (Å²) in [5.41, 5.74) is 3.73. The third-order valence-electron chi connectivity index (χ3n) is 6.30. The van der Waals surface area contributed by atoms with E-state index in [9.17, 15) is 0 Å². The molecule has 0 bridgehead atoms. The van der Waals surface area contributed by atoms with Gasteiger partial charge in [0.25, 0.3) is 0 Å². The second-order valence-electron chi connectivity index (χ2n) is 9.88. The fourth-order valence-electron chi connectivity index (χ4n) is 4.53. The molecule has 2 aliphatic rings. The number of rotatable bonds is 5. The quantitative estimate of drug-likeness (QED) is 0.528. The number of hydrogen-bond acceptors (Lipinski definition) is 6. The lowest BCUT2D eigenvalue weighted by Gasteiger charge is -2.25. The molecule has 3 aromatic heterocycles. The Morgan fingerprint density at radius 3 is 2.74 bits per heavy atom. The molecule has 31 heavy (non-hydrogen) atoms. The summed E-state index contributed by atoms with van der Waals surface area (Å²) in [5, 5.41) is 8.03. The van der Waals surface area contributed by atoms with Crippen LogP contribution in [0.3, 0.4) is 0 Å². The minimum Gasteiger partial charge on any atom is -0.385 e. The number of methoxy groups -OCH3 is 1. The van der Waals surface area contributed by atoms with Crippen molar-refractivity contribution in [3.8, 4) is 10.6 Å². The Morgan fingerprint density at radius 1 is 1.23 bits per heavy atom. The number of aromatic nitrogens is 3. The van der Waals surface area contributed by atoms with E-state index in [-0.39, 0.29) is 0 Å². The zero-order valence-electron chi connectivity index (χ0n) is 19.2. The lowest BCUT2D eigenvalue weighted by Crippen LogP contribution is -2.42.